The van der Waals surface area contributed by atoms with E-state index in [1.165, 1.54) is 6.07 Å². The number of aliphatic hydroxyl groups is 1. The summed E-state index contributed by atoms with van der Waals surface area (Å²) in [6.07, 6.45) is 4.49. The van der Waals surface area contributed by atoms with Crippen molar-refractivity contribution >= 4 is 21.9 Å². The Bertz CT molecular complexity index is 1020. The summed E-state index contributed by atoms with van der Waals surface area (Å²) in [5.41, 5.74) is 2.52. The average molecular weight is 354 g/mol. The van der Waals surface area contributed by atoms with E-state index in [1.54, 1.807) is 18.4 Å². The van der Waals surface area contributed by atoms with Crippen LogP contribution in [0.15, 0.2) is 68.0 Å². The van der Waals surface area contributed by atoms with Crippen molar-refractivity contribution in [3.63, 3.8) is 0 Å². The fraction of sp³-hybridized carbons (Fsp3) is 0.286. The third-order valence-electron chi connectivity index (χ3n) is 4.35. The van der Waals surface area contributed by atoms with Gasteiger partial charge in [0.1, 0.15) is 23.5 Å². The maximum absolute atomic E-state index is 11.5. The van der Waals surface area contributed by atoms with Gasteiger partial charge in [0, 0.05) is 12.1 Å². The zero-order chi connectivity index (χ0) is 18.7. The zero-order valence-corrected chi connectivity index (χ0v) is 15.0. The number of hydrogen-bond acceptors (Lipinski definition) is 5. The molecular formula is C21H22O5. The first-order valence-electron chi connectivity index (χ1n) is 8.51. The molecule has 5 heteroatoms. The molecule has 136 valence electrons. The molecule has 0 aliphatic rings. The number of fused-ring (bicyclic) bond motifs is 2. The van der Waals surface area contributed by atoms with Crippen LogP contribution in [0.3, 0.4) is 0 Å². The molecule has 0 spiro atoms. The van der Waals surface area contributed by atoms with E-state index >= 15 is 0 Å². The lowest BCUT2D eigenvalue weighted by molar-refractivity contribution is 0.201. The van der Waals surface area contributed by atoms with Gasteiger partial charge in [0.05, 0.1) is 23.1 Å². The molecule has 2 aromatic heterocycles. The Labute approximate surface area is 151 Å². The number of furan rings is 1. The van der Waals surface area contributed by atoms with Crippen molar-refractivity contribution in [3.8, 4) is 5.75 Å². The van der Waals surface area contributed by atoms with E-state index in [-0.39, 0.29) is 0 Å². The maximum Gasteiger partial charge on any atom is 0.336 e. The van der Waals surface area contributed by atoms with E-state index in [9.17, 15) is 9.90 Å². The second-order valence-electron chi connectivity index (χ2n) is 6.47. The van der Waals surface area contributed by atoms with Gasteiger partial charge in [-0.2, -0.15) is 0 Å². The van der Waals surface area contributed by atoms with Crippen LogP contribution in [-0.4, -0.2) is 17.8 Å². The minimum Gasteiger partial charge on any atom is -0.488 e. The van der Waals surface area contributed by atoms with Gasteiger partial charge in [-0.3, -0.25) is 0 Å². The molecule has 0 amide bonds. The smallest absolute Gasteiger partial charge is 0.336 e. The van der Waals surface area contributed by atoms with Crippen LogP contribution in [0.1, 0.15) is 26.7 Å². The predicted molar refractivity (Wildman–Crippen MR) is 102 cm³/mol. The number of benzene rings is 1. The van der Waals surface area contributed by atoms with Crippen molar-refractivity contribution in [3.05, 3.63) is 64.7 Å². The SMILES string of the molecule is C=C(C)C(O)CCC(C)=CCOc1c2ccoc2cc2oc(=O)ccc12. The number of aliphatic hydroxyl groups excluding tert-OH is 1. The molecule has 0 saturated heterocycles. The Morgan fingerprint density at radius 3 is 2.81 bits per heavy atom. The van der Waals surface area contributed by atoms with E-state index in [0.29, 0.717) is 29.9 Å². The van der Waals surface area contributed by atoms with Gasteiger partial charge in [-0.05, 0) is 44.9 Å². The summed E-state index contributed by atoms with van der Waals surface area (Å²) in [7, 11) is 0. The quantitative estimate of drug-likeness (QED) is 0.496. The normalized spacial score (nSPS) is 13.3. The zero-order valence-electron chi connectivity index (χ0n) is 15.0. The summed E-state index contributed by atoms with van der Waals surface area (Å²) in [6.45, 7) is 7.95. The largest absolute Gasteiger partial charge is 0.488 e. The van der Waals surface area contributed by atoms with Crippen LogP contribution in [0.4, 0.5) is 0 Å². The van der Waals surface area contributed by atoms with Gasteiger partial charge in [-0.1, -0.05) is 17.7 Å². The van der Waals surface area contributed by atoms with E-state index in [4.69, 9.17) is 13.6 Å². The highest BCUT2D eigenvalue weighted by Crippen LogP contribution is 2.35. The molecule has 0 aliphatic heterocycles. The lowest BCUT2D eigenvalue weighted by atomic mass is 10.0. The van der Waals surface area contributed by atoms with Crippen molar-refractivity contribution in [1.82, 2.24) is 0 Å². The summed E-state index contributed by atoms with van der Waals surface area (Å²) in [5.74, 6) is 0.626. The molecule has 1 N–H and O–H groups in total. The van der Waals surface area contributed by atoms with Crippen LogP contribution < -0.4 is 10.4 Å². The van der Waals surface area contributed by atoms with E-state index < -0.39 is 11.7 Å². The summed E-state index contributed by atoms with van der Waals surface area (Å²) in [5, 5.41) is 11.4. The monoisotopic (exact) mass is 354 g/mol. The molecule has 5 nitrogen and oxygen atoms in total. The standard InChI is InChI=1S/C21H22O5/c1-13(2)17(22)6-4-14(3)8-10-25-21-15-5-7-20(23)26-19(15)12-18-16(21)9-11-24-18/h5,7-9,11-12,17,22H,1,4,6,10H2,2-3H3. The summed E-state index contributed by atoms with van der Waals surface area (Å²) < 4.78 is 16.7. The molecule has 2 heterocycles. The van der Waals surface area contributed by atoms with E-state index in [2.05, 4.69) is 6.58 Å². The molecule has 3 aromatic rings. The Balaban J connectivity index is 1.79. The number of hydrogen-bond donors (Lipinski definition) is 1. The molecule has 26 heavy (non-hydrogen) atoms. The van der Waals surface area contributed by atoms with Crippen LogP contribution in [0.25, 0.3) is 21.9 Å². The fourth-order valence-corrected chi connectivity index (χ4v) is 2.75. The summed E-state index contributed by atoms with van der Waals surface area (Å²) in [6, 6.07) is 6.60. The fourth-order valence-electron chi connectivity index (χ4n) is 2.75. The molecule has 0 radical (unpaired) electrons. The molecule has 0 bridgehead atoms. The highest BCUT2D eigenvalue weighted by Gasteiger charge is 2.13. The van der Waals surface area contributed by atoms with Gasteiger partial charge in [0.2, 0.25) is 0 Å². The topological polar surface area (TPSA) is 72.8 Å². The second kappa shape index (κ2) is 7.62. The molecular weight excluding hydrogens is 332 g/mol. The molecule has 1 atom stereocenters. The Kier molecular flexibility index (Phi) is 5.28. The van der Waals surface area contributed by atoms with E-state index in [0.717, 1.165) is 28.3 Å². The van der Waals surface area contributed by atoms with Gasteiger partial charge in [-0.15, -0.1) is 0 Å². The molecule has 0 aliphatic carbocycles. The Hall–Kier alpha value is -2.79. The number of allylic oxidation sites excluding steroid dienone is 1. The minimum atomic E-state index is -0.481. The second-order valence-corrected chi connectivity index (χ2v) is 6.47. The lowest BCUT2D eigenvalue weighted by Crippen LogP contribution is -2.07. The van der Waals surface area contributed by atoms with Crippen LogP contribution in [-0.2, 0) is 0 Å². The van der Waals surface area contributed by atoms with Crippen molar-refractivity contribution in [1.29, 1.82) is 0 Å². The molecule has 0 saturated carbocycles. The minimum absolute atomic E-state index is 0.369. The first kappa shape index (κ1) is 18.0. The molecule has 0 fully saturated rings. The first-order chi connectivity index (χ1) is 12.5. The van der Waals surface area contributed by atoms with Crippen molar-refractivity contribution < 1.29 is 18.7 Å². The average Bonchev–Trinajstić information content (AvgIpc) is 3.06. The van der Waals surface area contributed by atoms with Crippen LogP contribution >= 0.6 is 0 Å². The maximum atomic E-state index is 11.5. The highest BCUT2D eigenvalue weighted by molar-refractivity contribution is 6.01. The van der Waals surface area contributed by atoms with Crippen molar-refractivity contribution in [2.75, 3.05) is 6.61 Å². The van der Waals surface area contributed by atoms with Gasteiger partial charge >= 0.3 is 5.63 Å². The van der Waals surface area contributed by atoms with Crippen LogP contribution in [0, 0.1) is 0 Å². The van der Waals surface area contributed by atoms with Gasteiger partial charge < -0.3 is 18.7 Å². The van der Waals surface area contributed by atoms with Gasteiger partial charge in [0.15, 0.2) is 0 Å². The van der Waals surface area contributed by atoms with Crippen LogP contribution in [0.5, 0.6) is 5.75 Å². The van der Waals surface area contributed by atoms with E-state index in [1.807, 2.05) is 26.0 Å². The predicted octanol–water partition coefficient (Wildman–Crippen LogP) is 4.58. The van der Waals surface area contributed by atoms with Crippen molar-refractivity contribution in [2.24, 2.45) is 0 Å². The summed E-state index contributed by atoms with van der Waals surface area (Å²) in [4.78, 5) is 11.5. The van der Waals surface area contributed by atoms with Gasteiger partial charge in [-0.25, -0.2) is 4.79 Å². The van der Waals surface area contributed by atoms with Gasteiger partial charge in [0.25, 0.3) is 0 Å². The molecule has 1 aromatic carbocycles. The Morgan fingerprint density at radius 2 is 2.04 bits per heavy atom. The lowest BCUT2D eigenvalue weighted by Gasteiger charge is -2.11. The third kappa shape index (κ3) is 3.89. The molecule has 3 rings (SSSR count). The van der Waals surface area contributed by atoms with Crippen molar-refractivity contribution in [2.45, 2.75) is 32.8 Å². The van der Waals surface area contributed by atoms with Crippen LogP contribution in [0.2, 0.25) is 0 Å². The summed E-state index contributed by atoms with van der Waals surface area (Å²) >= 11 is 0. The number of rotatable bonds is 7. The number of ether oxygens (including phenoxy) is 1. The molecule has 1 unspecified atom stereocenters. The first-order valence-corrected chi connectivity index (χ1v) is 8.51. The Morgan fingerprint density at radius 1 is 1.27 bits per heavy atom. The highest BCUT2D eigenvalue weighted by atomic mass is 16.5. The third-order valence-corrected chi connectivity index (χ3v) is 4.35.